The second kappa shape index (κ2) is 6.22. The van der Waals surface area contributed by atoms with Crippen molar-refractivity contribution in [1.29, 1.82) is 0 Å². The summed E-state index contributed by atoms with van der Waals surface area (Å²) in [5.41, 5.74) is 3.37. The maximum absolute atomic E-state index is 12.2. The van der Waals surface area contributed by atoms with Crippen molar-refractivity contribution in [3.05, 3.63) is 54.1 Å². The van der Waals surface area contributed by atoms with Gasteiger partial charge in [0.1, 0.15) is 0 Å². The molecule has 2 aromatic rings. The van der Waals surface area contributed by atoms with E-state index in [-0.39, 0.29) is 5.91 Å². The van der Waals surface area contributed by atoms with Gasteiger partial charge in [-0.15, -0.1) is 11.8 Å². The van der Waals surface area contributed by atoms with Gasteiger partial charge >= 0.3 is 0 Å². The van der Waals surface area contributed by atoms with Crippen molar-refractivity contribution in [2.24, 2.45) is 0 Å². The van der Waals surface area contributed by atoms with E-state index in [4.69, 9.17) is 0 Å². The van der Waals surface area contributed by atoms with Crippen LogP contribution in [0.2, 0.25) is 0 Å². The first-order valence-electron chi connectivity index (χ1n) is 7.03. The van der Waals surface area contributed by atoms with Gasteiger partial charge in [-0.2, -0.15) is 0 Å². The fourth-order valence-corrected chi connectivity index (χ4v) is 3.10. The van der Waals surface area contributed by atoms with E-state index in [2.05, 4.69) is 28.4 Å². The van der Waals surface area contributed by atoms with E-state index in [9.17, 15) is 4.79 Å². The number of hydrogen-bond acceptors (Lipinski definition) is 3. The van der Waals surface area contributed by atoms with Gasteiger partial charge in [-0.25, -0.2) is 0 Å². The van der Waals surface area contributed by atoms with Gasteiger partial charge in [-0.1, -0.05) is 24.3 Å². The molecule has 2 aromatic carbocycles. The van der Waals surface area contributed by atoms with E-state index in [0.29, 0.717) is 6.54 Å². The second-order valence-corrected chi connectivity index (χ2v) is 5.96. The molecular weight excluding hydrogens is 280 g/mol. The molecule has 0 bridgehead atoms. The molecule has 1 aliphatic rings. The molecule has 3 rings (SSSR count). The number of thioether (sulfide) groups is 1. The van der Waals surface area contributed by atoms with Crippen LogP contribution in [0.15, 0.2) is 53.4 Å². The average Bonchev–Trinajstić information content (AvgIpc) is 2.91. The topological polar surface area (TPSA) is 32.3 Å². The fourth-order valence-electron chi connectivity index (χ4n) is 2.65. The van der Waals surface area contributed by atoms with Crippen molar-refractivity contribution in [1.82, 2.24) is 0 Å². The summed E-state index contributed by atoms with van der Waals surface area (Å²) in [5.74, 6) is 0.0324. The quantitative estimate of drug-likeness (QED) is 0.878. The monoisotopic (exact) mass is 298 g/mol. The predicted octanol–water partition coefficient (Wildman–Crippen LogP) is 3.41. The molecule has 0 saturated carbocycles. The summed E-state index contributed by atoms with van der Waals surface area (Å²) in [4.78, 5) is 15.5. The number of carbonyl (C=O) groups excluding carboxylic acids is 1. The number of carbonyl (C=O) groups is 1. The molecule has 1 amide bonds. The minimum atomic E-state index is 0.0324. The van der Waals surface area contributed by atoms with E-state index in [1.54, 1.807) is 11.8 Å². The Hall–Kier alpha value is -1.94. The van der Waals surface area contributed by atoms with E-state index in [0.717, 1.165) is 23.5 Å². The van der Waals surface area contributed by atoms with Crippen molar-refractivity contribution < 1.29 is 4.79 Å². The molecule has 0 fully saturated rings. The first-order chi connectivity index (χ1) is 10.3. The summed E-state index contributed by atoms with van der Waals surface area (Å²) < 4.78 is 0. The highest BCUT2D eigenvalue weighted by molar-refractivity contribution is 7.98. The van der Waals surface area contributed by atoms with Gasteiger partial charge in [0.25, 0.3) is 0 Å². The Kier molecular flexibility index (Phi) is 4.15. The van der Waals surface area contributed by atoms with Crippen molar-refractivity contribution in [2.45, 2.75) is 11.3 Å². The van der Waals surface area contributed by atoms with Crippen LogP contribution in [0.1, 0.15) is 5.56 Å². The number of anilines is 2. The number of nitrogens with one attached hydrogen (secondary N) is 1. The standard InChI is InChI=1S/C17H18N2OS/c1-21-15-7-4-6-14(11-15)18-17(20)12-19-10-9-13-5-2-3-8-16(13)19/h2-8,11H,9-10,12H2,1H3,(H,18,20). The predicted molar refractivity (Wildman–Crippen MR) is 89.2 cm³/mol. The zero-order chi connectivity index (χ0) is 14.7. The summed E-state index contributed by atoms with van der Waals surface area (Å²) >= 11 is 1.67. The Labute approximate surface area is 129 Å². The van der Waals surface area contributed by atoms with Crippen LogP contribution in [0.3, 0.4) is 0 Å². The average molecular weight is 298 g/mol. The van der Waals surface area contributed by atoms with Crippen LogP contribution in [0.4, 0.5) is 11.4 Å². The van der Waals surface area contributed by atoms with Gasteiger partial charge in [0, 0.05) is 22.8 Å². The van der Waals surface area contributed by atoms with Crippen LogP contribution in [-0.2, 0) is 11.2 Å². The van der Waals surface area contributed by atoms with Crippen LogP contribution >= 0.6 is 11.8 Å². The molecule has 4 heteroatoms. The highest BCUT2D eigenvalue weighted by Crippen LogP contribution is 2.27. The SMILES string of the molecule is CSc1cccc(NC(=O)CN2CCc3ccccc32)c1. The first kappa shape index (κ1) is 14.0. The zero-order valence-electron chi connectivity index (χ0n) is 12.0. The zero-order valence-corrected chi connectivity index (χ0v) is 12.8. The number of fused-ring (bicyclic) bond motifs is 1. The number of rotatable bonds is 4. The van der Waals surface area contributed by atoms with Crippen LogP contribution in [0.5, 0.6) is 0 Å². The molecule has 3 nitrogen and oxygen atoms in total. The molecular formula is C17H18N2OS. The van der Waals surface area contributed by atoms with Gasteiger partial charge in [-0.3, -0.25) is 4.79 Å². The highest BCUT2D eigenvalue weighted by atomic mass is 32.2. The van der Waals surface area contributed by atoms with Gasteiger partial charge in [0.05, 0.1) is 6.54 Å². The summed E-state index contributed by atoms with van der Waals surface area (Å²) in [6, 6.07) is 16.2. The maximum atomic E-state index is 12.2. The number of benzene rings is 2. The van der Waals surface area contributed by atoms with Gasteiger partial charge in [-0.05, 0) is 42.5 Å². The van der Waals surface area contributed by atoms with E-state index in [1.165, 1.54) is 11.3 Å². The van der Waals surface area contributed by atoms with Crippen LogP contribution in [0.25, 0.3) is 0 Å². The third-order valence-corrected chi connectivity index (χ3v) is 4.40. The van der Waals surface area contributed by atoms with E-state index in [1.807, 2.05) is 36.6 Å². The third kappa shape index (κ3) is 3.22. The summed E-state index contributed by atoms with van der Waals surface area (Å²) in [6.45, 7) is 1.32. The smallest absolute Gasteiger partial charge is 0.243 e. The molecule has 0 spiro atoms. The molecule has 0 unspecified atom stereocenters. The lowest BCUT2D eigenvalue weighted by Crippen LogP contribution is -2.31. The minimum Gasteiger partial charge on any atom is -0.362 e. The lowest BCUT2D eigenvalue weighted by atomic mass is 10.2. The Balaban J connectivity index is 1.65. The highest BCUT2D eigenvalue weighted by Gasteiger charge is 2.20. The van der Waals surface area contributed by atoms with Gasteiger partial charge in [0.15, 0.2) is 0 Å². The Morgan fingerprint density at radius 3 is 2.95 bits per heavy atom. The third-order valence-electron chi connectivity index (χ3n) is 3.67. The Bertz CT molecular complexity index is 657. The lowest BCUT2D eigenvalue weighted by Gasteiger charge is -2.18. The van der Waals surface area contributed by atoms with Crippen molar-refractivity contribution >= 4 is 29.0 Å². The van der Waals surface area contributed by atoms with Crippen LogP contribution in [0, 0.1) is 0 Å². The van der Waals surface area contributed by atoms with E-state index < -0.39 is 0 Å². The number of amides is 1. The summed E-state index contributed by atoms with van der Waals surface area (Å²) in [7, 11) is 0. The Morgan fingerprint density at radius 2 is 2.10 bits per heavy atom. The molecule has 1 aliphatic heterocycles. The molecule has 0 atom stereocenters. The van der Waals surface area contributed by atoms with Gasteiger partial charge < -0.3 is 10.2 Å². The summed E-state index contributed by atoms with van der Waals surface area (Å²) in [5, 5.41) is 2.98. The lowest BCUT2D eigenvalue weighted by molar-refractivity contribution is -0.115. The molecule has 0 radical (unpaired) electrons. The maximum Gasteiger partial charge on any atom is 0.243 e. The molecule has 108 valence electrons. The molecule has 0 aliphatic carbocycles. The molecule has 0 saturated heterocycles. The van der Waals surface area contributed by atoms with Gasteiger partial charge in [0.2, 0.25) is 5.91 Å². The largest absolute Gasteiger partial charge is 0.362 e. The fraction of sp³-hybridized carbons (Fsp3) is 0.235. The number of nitrogens with zero attached hydrogens (tertiary/aromatic N) is 1. The molecule has 1 heterocycles. The first-order valence-corrected chi connectivity index (χ1v) is 8.25. The van der Waals surface area contributed by atoms with Crippen molar-refractivity contribution in [3.63, 3.8) is 0 Å². The molecule has 21 heavy (non-hydrogen) atoms. The van der Waals surface area contributed by atoms with Crippen molar-refractivity contribution in [3.8, 4) is 0 Å². The second-order valence-electron chi connectivity index (χ2n) is 5.08. The van der Waals surface area contributed by atoms with E-state index >= 15 is 0 Å². The normalized spacial score (nSPS) is 13.1. The molecule has 0 aromatic heterocycles. The number of hydrogen-bond donors (Lipinski definition) is 1. The van der Waals surface area contributed by atoms with Crippen LogP contribution in [-0.4, -0.2) is 25.3 Å². The van der Waals surface area contributed by atoms with Crippen LogP contribution < -0.4 is 10.2 Å². The number of para-hydroxylation sites is 1. The van der Waals surface area contributed by atoms with Crippen molar-refractivity contribution in [2.75, 3.05) is 29.6 Å². The minimum absolute atomic E-state index is 0.0324. The Morgan fingerprint density at radius 1 is 1.24 bits per heavy atom. The molecule has 1 N–H and O–H groups in total. The summed E-state index contributed by atoms with van der Waals surface area (Å²) in [6.07, 6.45) is 3.05.